The van der Waals surface area contributed by atoms with E-state index in [-0.39, 0.29) is 0 Å². The number of hydrogen-bond donors (Lipinski definition) is 2. The summed E-state index contributed by atoms with van der Waals surface area (Å²) in [5.41, 5.74) is 1.65. The highest BCUT2D eigenvalue weighted by atomic mass is 32.2. The van der Waals surface area contributed by atoms with Crippen molar-refractivity contribution in [3.63, 3.8) is 0 Å². The fourth-order valence-corrected chi connectivity index (χ4v) is 2.25. The number of imidazole rings is 1. The molecule has 1 unspecified atom stereocenters. The van der Waals surface area contributed by atoms with Crippen LogP contribution in [0.5, 0.6) is 5.75 Å². The summed E-state index contributed by atoms with van der Waals surface area (Å²) in [5, 5.41) is 8.92. The summed E-state index contributed by atoms with van der Waals surface area (Å²) < 4.78 is 5.39. The minimum absolute atomic E-state index is 0.531. The summed E-state index contributed by atoms with van der Waals surface area (Å²) in [4.78, 5) is 18.2. The molecule has 2 rings (SSSR count). The number of aromatic nitrogens is 2. The van der Waals surface area contributed by atoms with E-state index in [1.165, 1.54) is 11.8 Å². The summed E-state index contributed by atoms with van der Waals surface area (Å²) in [5.74, 6) is -0.0769. The standard InChI is InChI=1S/C12H14N2O3S/c1-3-17-8-4-5-9-10(6-8)14-12(13-9)18-7(2)11(15)16/h4-7H,3H2,1-2H3,(H,13,14)(H,15,16). The van der Waals surface area contributed by atoms with E-state index in [4.69, 9.17) is 9.84 Å². The quantitative estimate of drug-likeness (QED) is 0.813. The van der Waals surface area contributed by atoms with Gasteiger partial charge in [0.25, 0.3) is 0 Å². The van der Waals surface area contributed by atoms with Gasteiger partial charge in [0.15, 0.2) is 5.16 Å². The maximum absolute atomic E-state index is 10.8. The lowest BCUT2D eigenvalue weighted by Crippen LogP contribution is -2.11. The zero-order chi connectivity index (χ0) is 13.1. The molecule has 96 valence electrons. The third-order valence-corrected chi connectivity index (χ3v) is 3.35. The Bertz CT molecular complexity index is 567. The summed E-state index contributed by atoms with van der Waals surface area (Å²) in [6.45, 7) is 4.16. The van der Waals surface area contributed by atoms with Crippen molar-refractivity contribution in [2.75, 3.05) is 6.61 Å². The topological polar surface area (TPSA) is 75.2 Å². The maximum atomic E-state index is 10.8. The fraction of sp³-hybridized carbons (Fsp3) is 0.333. The lowest BCUT2D eigenvalue weighted by molar-refractivity contribution is -0.136. The number of fused-ring (bicyclic) bond motifs is 1. The van der Waals surface area contributed by atoms with E-state index in [1.807, 2.05) is 25.1 Å². The van der Waals surface area contributed by atoms with Crippen molar-refractivity contribution in [2.24, 2.45) is 0 Å². The zero-order valence-electron chi connectivity index (χ0n) is 10.1. The van der Waals surface area contributed by atoms with Crippen molar-refractivity contribution >= 4 is 28.8 Å². The predicted octanol–water partition coefficient (Wildman–Crippen LogP) is 2.53. The van der Waals surface area contributed by atoms with Crippen LogP contribution in [0.25, 0.3) is 11.0 Å². The first-order valence-electron chi connectivity index (χ1n) is 5.62. The molecule has 0 radical (unpaired) electrons. The monoisotopic (exact) mass is 266 g/mol. The third-order valence-electron chi connectivity index (χ3n) is 2.38. The Hall–Kier alpha value is -1.69. The van der Waals surface area contributed by atoms with Crippen molar-refractivity contribution < 1.29 is 14.6 Å². The van der Waals surface area contributed by atoms with Crippen LogP contribution >= 0.6 is 11.8 Å². The Labute approximate surface area is 109 Å². The minimum Gasteiger partial charge on any atom is -0.494 e. The minimum atomic E-state index is -0.851. The highest BCUT2D eigenvalue weighted by molar-refractivity contribution is 8.00. The molecule has 1 atom stereocenters. The summed E-state index contributed by atoms with van der Waals surface area (Å²) in [6.07, 6.45) is 0. The Kier molecular flexibility index (Phi) is 3.76. The predicted molar refractivity (Wildman–Crippen MR) is 70.2 cm³/mol. The smallest absolute Gasteiger partial charge is 0.316 e. The van der Waals surface area contributed by atoms with Gasteiger partial charge in [-0.25, -0.2) is 4.98 Å². The van der Waals surface area contributed by atoms with Crippen LogP contribution in [0.15, 0.2) is 23.4 Å². The molecule has 1 aromatic heterocycles. The molecule has 1 heterocycles. The van der Waals surface area contributed by atoms with Gasteiger partial charge in [-0.3, -0.25) is 4.79 Å². The number of aromatic amines is 1. The Morgan fingerprint density at radius 3 is 3.06 bits per heavy atom. The lowest BCUT2D eigenvalue weighted by Gasteiger charge is -2.01. The molecule has 0 bridgehead atoms. The highest BCUT2D eigenvalue weighted by Crippen LogP contribution is 2.25. The van der Waals surface area contributed by atoms with Gasteiger partial charge in [0, 0.05) is 6.07 Å². The number of carboxylic acids is 1. The summed E-state index contributed by atoms with van der Waals surface area (Å²) >= 11 is 1.19. The molecule has 0 fully saturated rings. The van der Waals surface area contributed by atoms with Crippen molar-refractivity contribution in [2.45, 2.75) is 24.3 Å². The van der Waals surface area contributed by atoms with Gasteiger partial charge in [0.05, 0.1) is 17.6 Å². The number of carboxylic acid groups (broad SMARTS) is 1. The van der Waals surface area contributed by atoms with Crippen LogP contribution in [0.1, 0.15) is 13.8 Å². The first-order valence-corrected chi connectivity index (χ1v) is 6.50. The molecule has 6 heteroatoms. The van der Waals surface area contributed by atoms with E-state index < -0.39 is 11.2 Å². The van der Waals surface area contributed by atoms with E-state index in [1.54, 1.807) is 6.92 Å². The molecule has 0 saturated carbocycles. The summed E-state index contributed by atoms with van der Waals surface area (Å²) in [6, 6.07) is 5.56. The van der Waals surface area contributed by atoms with Gasteiger partial charge < -0.3 is 14.8 Å². The van der Waals surface area contributed by atoms with Crippen LogP contribution < -0.4 is 4.74 Å². The van der Waals surface area contributed by atoms with E-state index >= 15 is 0 Å². The van der Waals surface area contributed by atoms with Gasteiger partial charge in [-0.2, -0.15) is 0 Å². The number of H-pyrrole nitrogens is 1. The average molecular weight is 266 g/mol. The SMILES string of the molecule is CCOc1ccc2nc(SC(C)C(=O)O)[nH]c2c1. The molecular weight excluding hydrogens is 252 g/mol. The van der Waals surface area contributed by atoms with Gasteiger partial charge >= 0.3 is 5.97 Å². The van der Waals surface area contributed by atoms with Gasteiger partial charge in [-0.15, -0.1) is 0 Å². The number of hydrogen-bond acceptors (Lipinski definition) is 4. The van der Waals surface area contributed by atoms with Crippen LogP contribution in [0.3, 0.4) is 0 Å². The van der Waals surface area contributed by atoms with Crippen LogP contribution in [-0.2, 0) is 4.79 Å². The Morgan fingerprint density at radius 1 is 1.61 bits per heavy atom. The highest BCUT2D eigenvalue weighted by Gasteiger charge is 2.15. The van der Waals surface area contributed by atoms with E-state index in [0.29, 0.717) is 11.8 Å². The number of nitrogens with one attached hydrogen (secondary N) is 1. The second-order valence-corrected chi connectivity index (χ2v) is 5.08. The second kappa shape index (κ2) is 5.30. The lowest BCUT2D eigenvalue weighted by atomic mass is 10.3. The molecule has 0 spiro atoms. The third kappa shape index (κ3) is 2.76. The first-order chi connectivity index (χ1) is 8.60. The number of benzene rings is 1. The maximum Gasteiger partial charge on any atom is 0.316 e. The van der Waals surface area contributed by atoms with Crippen molar-refractivity contribution in [3.8, 4) is 5.75 Å². The normalized spacial score (nSPS) is 12.6. The molecule has 0 amide bonds. The van der Waals surface area contributed by atoms with E-state index in [2.05, 4.69) is 9.97 Å². The van der Waals surface area contributed by atoms with Gasteiger partial charge in [-0.1, -0.05) is 11.8 Å². The number of ether oxygens (including phenoxy) is 1. The average Bonchev–Trinajstić information content (AvgIpc) is 2.70. The molecule has 2 N–H and O–H groups in total. The molecule has 0 saturated heterocycles. The first kappa shape index (κ1) is 12.8. The van der Waals surface area contributed by atoms with E-state index in [0.717, 1.165) is 16.8 Å². The number of thioether (sulfide) groups is 1. The zero-order valence-corrected chi connectivity index (χ0v) is 11.0. The van der Waals surface area contributed by atoms with Crippen molar-refractivity contribution in [1.82, 2.24) is 9.97 Å². The van der Waals surface area contributed by atoms with Crippen molar-refractivity contribution in [1.29, 1.82) is 0 Å². The summed E-state index contributed by atoms with van der Waals surface area (Å²) in [7, 11) is 0. The van der Waals surface area contributed by atoms with E-state index in [9.17, 15) is 4.79 Å². The molecule has 0 aliphatic carbocycles. The number of rotatable bonds is 5. The number of carbonyl (C=O) groups is 1. The second-order valence-electron chi connectivity index (χ2n) is 3.75. The number of aliphatic carboxylic acids is 1. The molecule has 18 heavy (non-hydrogen) atoms. The molecule has 1 aromatic carbocycles. The Morgan fingerprint density at radius 2 is 2.39 bits per heavy atom. The van der Waals surface area contributed by atoms with Gasteiger partial charge in [-0.05, 0) is 26.0 Å². The largest absolute Gasteiger partial charge is 0.494 e. The Balaban J connectivity index is 2.24. The molecule has 0 aliphatic rings. The van der Waals surface area contributed by atoms with Gasteiger partial charge in [0.2, 0.25) is 0 Å². The van der Waals surface area contributed by atoms with Crippen LogP contribution in [-0.4, -0.2) is 32.9 Å². The van der Waals surface area contributed by atoms with Crippen LogP contribution in [0.4, 0.5) is 0 Å². The molecule has 2 aromatic rings. The number of nitrogens with zero attached hydrogens (tertiary/aromatic N) is 1. The molecule has 5 nitrogen and oxygen atoms in total. The van der Waals surface area contributed by atoms with Crippen molar-refractivity contribution in [3.05, 3.63) is 18.2 Å². The van der Waals surface area contributed by atoms with Crippen LogP contribution in [0.2, 0.25) is 0 Å². The molecular formula is C12H14N2O3S. The van der Waals surface area contributed by atoms with Crippen LogP contribution in [0, 0.1) is 0 Å². The molecule has 0 aliphatic heterocycles. The fourth-order valence-electron chi connectivity index (χ4n) is 1.50. The van der Waals surface area contributed by atoms with Gasteiger partial charge in [0.1, 0.15) is 11.0 Å².